The van der Waals surface area contributed by atoms with Crippen molar-refractivity contribution in [3.05, 3.63) is 29.8 Å². The van der Waals surface area contributed by atoms with Gasteiger partial charge in [-0.3, -0.25) is 9.59 Å². The number of carbonyl (C=O) groups excluding carboxylic acids is 2. The normalized spacial score (nSPS) is 17.4. The number of halogens is 1. The van der Waals surface area contributed by atoms with E-state index in [1.807, 2.05) is 29.2 Å². The van der Waals surface area contributed by atoms with Gasteiger partial charge in [-0.1, -0.05) is 12.1 Å². The fourth-order valence-corrected chi connectivity index (χ4v) is 3.86. The second-order valence-corrected chi connectivity index (χ2v) is 7.57. The zero-order valence-electron chi connectivity index (χ0n) is 16.0. The van der Waals surface area contributed by atoms with Crippen LogP contribution in [-0.2, 0) is 16.0 Å². The molecule has 0 saturated carbocycles. The Kier molecular flexibility index (Phi) is 9.08. The lowest BCUT2D eigenvalue weighted by molar-refractivity contribution is -0.130. The summed E-state index contributed by atoms with van der Waals surface area (Å²) in [6, 6.07) is 7.91. The van der Waals surface area contributed by atoms with Crippen molar-refractivity contribution in [2.45, 2.75) is 51.4 Å². The molecule has 0 spiro atoms. The largest absolute Gasteiger partial charge is 0.343 e. The molecule has 1 aromatic carbocycles. The van der Waals surface area contributed by atoms with Crippen LogP contribution in [0.1, 0.15) is 50.5 Å². The number of likely N-dealkylation sites (tertiary alicyclic amines) is 1. The van der Waals surface area contributed by atoms with E-state index in [4.69, 9.17) is 0 Å². The Balaban J connectivity index is 0.00000261. The van der Waals surface area contributed by atoms with Crippen molar-refractivity contribution >= 4 is 29.9 Å². The summed E-state index contributed by atoms with van der Waals surface area (Å²) in [4.78, 5) is 26.2. The number of hydrogen-bond acceptors (Lipinski definition) is 3. The van der Waals surface area contributed by atoms with Gasteiger partial charge >= 0.3 is 0 Å². The highest BCUT2D eigenvalue weighted by Gasteiger charge is 2.17. The van der Waals surface area contributed by atoms with Crippen LogP contribution in [0.4, 0.5) is 5.69 Å². The van der Waals surface area contributed by atoms with Gasteiger partial charge in [0.15, 0.2) is 0 Å². The number of benzene rings is 1. The highest BCUT2D eigenvalue weighted by molar-refractivity contribution is 5.90. The molecule has 0 bridgehead atoms. The number of piperidine rings is 1. The Morgan fingerprint density at radius 2 is 1.70 bits per heavy atom. The first kappa shape index (κ1) is 21.7. The third-order valence-electron chi connectivity index (χ3n) is 5.56. The first-order valence-electron chi connectivity index (χ1n) is 10.1. The smallest absolute Gasteiger partial charge is 0.224 e. The Morgan fingerprint density at radius 3 is 2.37 bits per heavy atom. The average molecular weight is 394 g/mol. The van der Waals surface area contributed by atoms with Crippen molar-refractivity contribution < 1.29 is 9.59 Å². The maximum atomic E-state index is 12.1. The van der Waals surface area contributed by atoms with Crippen LogP contribution in [0.2, 0.25) is 0 Å². The summed E-state index contributed by atoms with van der Waals surface area (Å²) < 4.78 is 0. The first-order chi connectivity index (χ1) is 12.7. The topological polar surface area (TPSA) is 61.4 Å². The Morgan fingerprint density at radius 1 is 1.04 bits per heavy atom. The van der Waals surface area contributed by atoms with Gasteiger partial charge in [0.25, 0.3) is 0 Å². The monoisotopic (exact) mass is 393 g/mol. The van der Waals surface area contributed by atoms with Gasteiger partial charge in [-0.15, -0.1) is 12.4 Å². The Hall–Kier alpha value is -1.59. The molecule has 3 rings (SSSR count). The molecule has 2 aliphatic heterocycles. The fraction of sp³-hybridized carbons (Fsp3) is 0.619. The van der Waals surface area contributed by atoms with Crippen LogP contribution in [0.3, 0.4) is 0 Å². The maximum Gasteiger partial charge on any atom is 0.224 e. The van der Waals surface area contributed by atoms with E-state index in [-0.39, 0.29) is 24.2 Å². The Bertz CT molecular complexity index is 594. The summed E-state index contributed by atoms with van der Waals surface area (Å²) in [5, 5.41) is 6.34. The maximum absolute atomic E-state index is 12.1. The van der Waals surface area contributed by atoms with Crippen LogP contribution in [0, 0.1) is 5.92 Å². The molecule has 2 heterocycles. The molecule has 2 saturated heterocycles. The van der Waals surface area contributed by atoms with Gasteiger partial charge in [-0.05, 0) is 75.2 Å². The van der Waals surface area contributed by atoms with Crippen molar-refractivity contribution in [2.75, 3.05) is 31.5 Å². The van der Waals surface area contributed by atoms with Crippen LogP contribution in [-0.4, -0.2) is 42.9 Å². The predicted molar refractivity (Wildman–Crippen MR) is 111 cm³/mol. The van der Waals surface area contributed by atoms with Crippen LogP contribution >= 0.6 is 12.4 Å². The average Bonchev–Trinajstić information content (AvgIpc) is 3.21. The molecule has 0 aliphatic carbocycles. The zero-order chi connectivity index (χ0) is 18.2. The fourth-order valence-electron chi connectivity index (χ4n) is 3.86. The highest BCUT2D eigenvalue weighted by Crippen LogP contribution is 2.19. The molecule has 150 valence electrons. The van der Waals surface area contributed by atoms with Gasteiger partial charge in [0.1, 0.15) is 0 Å². The standard InChI is InChI=1S/C21H31N3O2.ClH/c25-20(9-5-18-11-13-22-14-12-18)23-19-7-3-17(4-8-19)6-10-21(26)24-15-1-2-16-24;/h3-4,7-8,18,22H,1-2,5-6,9-16H2,(H,23,25);1H. The van der Waals surface area contributed by atoms with Gasteiger partial charge in [-0.25, -0.2) is 0 Å². The molecule has 2 N–H and O–H groups in total. The first-order valence-corrected chi connectivity index (χ1v) is 10.1. The number of rotatable bonds is 7. The molecule has 27 heavy (non-hydrogen) atoms. The molecule has 5 nitrogen and oxygen atoms in total. The third kappa shape index (κ3) is 7.15. The summed E-state index contributed by atoms with van der Waals surface area (Å²) in [6.07, 6.45) is 7.54. The van der Waals surface area contributed by atoms with Gasteiger partial charge in [0.2, 0.25) is 11.8 Å². The van der Waals surface area contributed by atoms with Crippen molar-refractivity contribution in [3.8, 4) is 0 Å². The van der Waals surface area contributed by atoms with Crippen LogP contribution < -0.4 is 10.6 Å². The Labute approximate surface area is 168 Å². The van der Waals surface area contributed by atoms with E-state index in [2.05, 4.69) is 10.6 Å². The summed E-state index contributed by atoms with van der Waals surface area (Å²) in [5.41, 5.74) is 1.99. The summed E-state index contributed by atoms with van der Waals surface area (Å²) in [6.45, 7) is 3.99. The van der Waals surface area contributed by atoms with E-state index in [1.165, 1.54) is 12.8 Å². The predicted octanol–water partition coefficient (Wildman–Crippen LogP) is 3.38. The minimum atomic E-state index is 0. The third-order valence-corrected chi connectivity index (χ3v) is 5.56. The number of nitrogens with zero attached hydrogens (tertiary/aromatic N) is 1. The molecule has 2 amide bonds. The van der Waals surface area contributed by atoms with Gasteiger partial charge < -0.3 is 15.5 Å². The number of anilines is 1. The quantitative estimate of drug-likeness (QED) is 0.746. The lowest BCUT2D eigenvalue weighted by Crippen LogP contribution is -2.28. The van der Waals surface area contributed by atoms with E-state index in [0.29, 0.717) is 18.8 Å². The number of aryl methyl sites for hydroxylation is 1. The van der Waals surface area contributed by atoms with Crippen molar-refractivity contribution in [3.63, 3.8) is 0 Å². The number of hydrogen-bond donors (Lipinski definition) is 2. The van der Waals surface area contributed by atoms with E-state index in [9.17, 15) is 9.59 Å². The molecule has 0 atom stereocenters. The molecular weight excluding hydrogens is 362 g/mol. The minimum absolute atomic E-state index is 0. The van der Waals surface area contributed by atoms with Crippen molar-refractivity contribution in [1.82, 2.24) is 10.2 Å². The summed E-state index contributed by atoms with van der Waals surface area (Å²) in [5.74, 6) is 1.04. The van der Waals surface area contributed by atoms with E-state index in [0.717, 1.165) is 63.1 Å². The second-order valence-electron chi connectivity index (χ2n) is 7.57. The molecule has 2 aliphatic rings. The molecule has 0 radical (unpaired) electrons. The lowest BCUT2D eigenvalue weighted by atomic mass is 9.93. The van der Waals surface area contributed by atoms with Crippen molar-refractivity contribution in [1.29, 1.82) is 0 Å². The molecule has 1 aromatic rings. The van der Waals surface area contributed by atoms with E-state index in [1.54, 1.807) is 0 Å². The molecular formula is C21H32ClN3O2. The zero-order valence-corrected chi connectivity index (χ0v) is 16.9. The lowest BCUT2D eigenvalue weighted by Gasteiger charge is -2.22. The number of carbonyl (C=O) groups is 2. The number of amides is 2. The van der Waals surface area contributed by atoms with Crippen LogP contribution in [0.5, 0.6) is 0 Å². The van der Waals surface area contributed by atoms with Gasteiger partial charge in [0, 0.05) is 31.6 Å². The number of nitrogens with one attached hydrogen (secondary N) is 2. The molecule has 6 heteroatoms. The second kappa shape index (κ2) is 11.3. The van der Waals surface area contributed by atoms with E-state index >= 15 is 0 Å². The molecule has 2 fully saturated rings. The van der Waals surface area contributed by atoms with Crippen LogP contribution in [0.15, 0.2) is 24.3 Å². The van der Waals surface area contributed by atoms with Crippen molar-refractivity contribution in [2.24, 2.45) is 5.92 Å². The SMILES string of the molecule is Cl.O=C(CCC1CCNCC1)Nc1ccc(CCC(=O)N2CCCC2)cc1. The minimum Gasteiger partial charge on any atom is -0.343 e. The highest BCUT2D eigenvalue weighted by atomic mass is 35.5. The van der Waals surface area contributed by atoms with Gasteiger partial charge in [-0.2, -0.15) is 0 Å². The van der Waals surface area contributed by atoms with Crippen LogP contribution in [0.25, 0.3) is 0 Å². The molecule has 0 aromatic heterocycles. The molecule has 0 unspecified atom stereocenters. The van der Waals surface area contributed by atoms with Gasteiger partial charge in [0.05, 0.1) is 0 Å². The summed E-state index contributed by atoms with van der Waals surface area (Å²) >= 11 is 0. The summed E-state index contributed by atoms with van der Waals surface area (Å²) in [7, 11) is 0. The van der Waals surface area contributed by atoms with E-state index < -0.39 is 0 Å².